The first kappa shape index (κ1) is 19.6. The lowest BCUT2D eigenvalue weighted by atomic mass is 9.64. The molecule has 3 heterocycles. The van der Waals surface area contributed by atoms with Gasteiger partial charge in [-0.3, -0.25) is 9.69 Å². The fourth-order valence-electron chi connectivity index (χ4n) is 7.18. The van der Waals surface area contributed by atoms with E-state index < -0.39 is 0 Å². The maximum atomic E-state index is 14.0. The van der Waals surface area contributed by atoms with Crippen LogP contribution in [0.25, 0.3) is 11.6 Å². The Morgan fingerprint density at radius 1 is 0.968 bits per heavy atom. The second-order valence-corrected chi connectivity index (χ2v) is 10.3. The van der Waals surface area contributed by atoms with Crippen molar-refractivity contribution in [1.82, 2.24) is 14.8 Å². The Morgan fingerprint density at radius 2 is 1.71 bits per heavy atom. The standard InChI is InChI=1S/C25H34N4O2/c30-23(18-10-3-1-4-11-18)28-20-13-6-5-12-19(20)25(15-7-2-8-16-25)29-24(28)26-22(27-29)21-14-9-17-31-21/h9,14,17-20H,1-8,10-13,15-16H2/t19-,20+/m1/s1. The van der Waals surface area contributed by atoms with Crippen molar-refractivity contribution < 1.29 is 9.21 Å². The van der Waals surface area contributed by atoms with Gasteiger partial charge in [-0.25, -0.2) is 4.68 Å². The molecule has 3 fully saturated rings. The van der Waals surface area contributed by atoms with Gasteiger partial charge < -0.3 is 4.42 Å². The molecule has 1 spiro atoms. The van der Waals surface area contributed by atoms with Crippen molar-refractivity contribution in [2.45, 2.75) is 101 Å². The molecule has 6 nitrogen and oxygen atoms in total. The maximum absolute atomic E-state index is 14.0. The van der Waals surface area contributed by atoms with E-state index in [2.05, 4.69) is 9.58 Å². The van der Waals surface area contributed by atoms with Crippen LogP contribution in [-0.2, 0) is 10.3 Å². The highest BCUT2D eigenvalue weighted by atomic mass is 16.3. The van der Waals surface area contributed by atoms with Crippen LogP contribution in [0.2, 0.25) is 0 Å². The molecule has 4 aliphatic rings. The zero-order valence-electron chi connectivity index (χ0n) is 18.5. The molecule has 0 N–H and O–H groups in total. The molecule has 0 radical (unpaired) electrons. The SMILES string of the molecule is O=C(C1CCCCC1)N1c2nc(-c3ccco3)nn2C2(CCCCC2)[C@@H]2CCCC[C@@H]21. The molecular formula is C25H34N4O2. The number of carbonyl (C=O) groups excluding carboxylic acids is 1. The molecule has 0 bridgehead atoms. The van der Waals surface area contributed by atoms with Gasteiger partial charge in [0.2, 0.25) is 17.7 Å². The lowest BCUT2D eigenvalue weighted by molar-refractivity contribution is -0.125. The van der Waals surface area contributed by atoms with Gasteiger partial charge in [-0.1, -0.05) is 51.4 Å². The summed E-state index contributed by atoms with van der Waals surface area (Å²) in [5.74, 6) is 3.07. The summed E-state index contributed by atoms with van der Waals surface area (Å²) >= 11 is 0. The Balaban J connectivity index is 1.49. The summed E-state index contributed by atoms with van der Waals surface area (Å²) in [6.07, 6.45) is 18.2. The summed E-state index contributed by atoms with van der Waals surface area (Å²) in [6.45, 7) is 0. The van der Waals surface area contributed by atoms with Gasteiger partial charge >= 0.3 is 0 Å². The number of aromatic nitrogens is 3. The normalized spacial score (nSPS) is 28.3. The number of rotatable bonds is 2. The highest BCUT2D eigenvalue weighted by molar-refractivity contribution is 5.94. The molecule has 3 aliphatic carbocycles. The first-order valence-corrected chi connectivity index (χ1v) is 12.6. The predicted molar refractivity (Wildman–Crippen MR) is 119 cm³/mol. The Bertz CT molecular complexity index is 921. The number of fused-ring (bicyclic) bond motifs is 4. The Kier molecular flexibility index (Phi) is 4.91. The monoisotopic (exact) mass is 422 g/mol. The smallest absolute Gasteiger partial charge is 0.232 e. The molecule has 3 saturated carbocycles. The molecular weight excluding hydrogens is 388 g/mol. The third-order valence-electron chi connectivity index (χ3n) is 8.63. The van der Waals surface area contributed by atoms with Gasteiger partial charge in [-0.15, -0.1) is 5.10 Å². The van der Waals surface area contributed by atoms with E-state index in [9.17, 15) is 4.79 Å². The molecule has 0 aromatic carbocycles. The van der Waals surface area contributed by atoms with E-state index in [0.29, 0.717) is 23.4 Å². The third kappa shape index (κ3) is 3.08. The average Bonchev–Trinajstić information content (AvgIpc) is 3.51. The molecule has 2 aromatic rings. The number of hydrogen-bond donors (Lipinski definition) is 0. The highest BCUT2D eigenvalue weighted by Crippen LogP contribution is 2.53. The zero-order valence-corrected chi connectivity index (χ0v) is 18.5. The first-order chi connectivity index (χ1) is 15.3. The van der Waals surface area contributed by atoms with Gasteiger partial charge in [0.05, 0.1) is 11.8 Å². The number of carbonyl (C=O) groups is 1. The quantitative estimate of drug-likeness (QED) is 0.624. The molecule has 0 unspecified atom stereocenters. The number of furan rings is 1. The van der Waals surface area contributed by atoms with Crippen LogP contribution in [0.1, 0.15) is 89.9 Å². The molecule has 2 aromatic heterocycles. The summed E-state index contributed by atoms with van der Waals surface area (Å²) in [6, 6.07) is 4.09. The van der Waals surface area contributed by atoms with Crippen molar-refractivity contribution in [3.05, 3.63) is 18.4 Å². The summed E-state index contributed by atoms with van der Waals surface area (Å²) in [7, 11) is 0. The Hall–Kier alpha value is -2.11. The van der Waals surface area contributed by atoms with E-state index in [1.165, 1.54) is 57.8 Å². The number of hydrogen-bond acceptors (Lipinski definition) is 4. The zero-order chi connectivity index (χ0) is 20.8. The van der Waals surface area contributed by atoms with E-state index in [1.807, 2.05) is 12.1 Å². The lowest BCUT2D eigenvalue weighted by Crippen LogP contribution is -2.62. The van der Waals surface area contributed by atoms with Gasteiger partial charge in [0.1, 0.15) is 0 Å². The van der Waals surface area contributed by atoms with Crippen LogP contribution < -0.4 is 4.90 Å². The van der Waals surface area contributed by atoms with Crippen LogP contribution in [0, 0.1) is 11.8 Å². The number of anilines is 1. The topological polar surface area (TPSA) is 64.2 Å². The largest absolute Gasteiger partial charge is 0.461 e. The van der Waals surface area contributed by atoms with Crippen LogP contribution >= 0.6 is 0 Å². The molecule has 0 saturated heterocycles. The summed E-state index contributed by atoms with van der Waals surface area (Å²) in [5, 5.41) is 5.06. The minimum atomic E-state index is 0.0137. The highest BCUT2D eigenvalue weighted by Gasteiger charge is 2.55. The van der Waals surface area contributed by atoms with Crippen molar-refractivity contribution in [2.75, 3.05) is 4.90 Å². The van der Waals surface area contributed by atoms with Crippen LogP contribution in [0.15, 0.2) is 22.8 Å². The minimum Gasteiger partial charge on any atom is -0.461 e. The predicted octanol–water partition coefficient (Wildman–Crippen LogP) is 5.68. The molecule has 166 valence electrons. The number of nitrogens with zero attached hydrogens (tertiary/aromatic N) is 4. The van der Waals surface area contributed by atoms with Crippen LogP contribution in [0.4, 0.5) is 5.95 Å². The average molecular weight is 423 g/mol. The van der Waals surface area contributed by atoms with Gasteiger partial charge in [0, 0.05) is 17.9 Å². The van der Waals surface area contributed by atoms with E-state index in [-0.39, 0.29) is 17.5 Å². The van der Waals surface area contributed by atoms with Crippen LogP contribution in [-0.4, -0.2) is 26.7 Å². The fourth-order valence-corrected chi connectivity index (χ4v) is 7.18. The van der Waals surface area contributed by atoms with Crippen molar-refractivity contribution in [3.8, 4) is 11.6 Å². The second-order valence-electron chi connectivity index (χ2n) is 10.3. The van der Waals surface area contributed by atoms with E-state index in [0.717, 1.165) is 38.1 Å². The summed E-state index contributed by atoms with van der Waals surface area (Å²) in [4.78, 5) is 21.1. The van der Waals surface area contributed by atoms with Crippen molar-refractivity contribution in [3.63, 3.8) is 0 Å². The molecule has 31 heavy (non-hydrogen) atoms. The van der Waals surface area contributed by atoms with Crippen molar-refractivity contribution in [2.24, 2.45) is 11.8 Å². The molecule has 2 atom stereocenters. The van der Waals surface area contributed by atoms with Gasteiger partial charge in [-0.05, 0) is 50.7 Å². The second kappa shape index (κ2) is 7.79. The molecule has 6 rings (SSSR count). The number of amides is 1. The summed E-state index contributed by atoms with van der Waals surface area (Å²) in [5.41, 5.74) is 0.0137. The minimum absolute atomic E-state index is 0.0137. The van der Waals surface area contributed by atoms with E-state index in [1.54, 1.807) is 6.26 Å². The molecule has 1 aliphatic heterocycles. The maximum Gasteiger partial charge on any atom is 0.232 e. The van der Waals surface area contributed by atoms with Crippen molar-refractivity contribution >= 4 is 11.9 Å². The Labute approximate surface area is 184 Å². The summed E-state index contributed by atoms with van der Waals surface area (Å²) < 4.78 is 7.87. The lowest BCUT2D eigenvalue weighted by Gasteiger charge is -2.55. The van der Waals surface area contributed by atoms with Crippen LogP contribution in [0.5, 0.6) is 0 Å². The van der Waals surface area contributed by atoms with E-state index in [4.69, 9.17) is 14.5 Å². The fraction of sp³-hybridized carbons (Fsp3) is 0.720. The van der Waals surface area contributed by atoms with Crippen molar-refractivity contribution in [1.29, 1.82) is 0 Å². The van der Waals surface area contributed by atoms with Gasteiger partial charge in [-0.2, -0.15) is 4.98 Å². The van der Waals surface area contributed by atoms with Crippen LogP contribution in [0.3, 0.4) is 0 Å². The van der Waals surface area contributed by atoms with Gasteiger partial charge in [0.25, 0.3) is 0 Å². The van der Waals surface area contributed by atoms with Gasteiger partial charge in [0.15, 0.2) is 5.76 Å². The third-order valence-corrected chi connectivity index (χ3v) is 8.63. The molecule has 6 heteroatoms. The molecule has 1 amide bonds. The first-order valence-electron chi connectivity index (χ1n) is 12.6. The van der Waals surface area contributed by atoms with E-state index >= 15 is 0 Å². The Morgan fingerprint density at radius 3 is 2.48 bits per heavy atom.